The Balaban J connectivity index is 2.01. The van der Waals surface area contributed by atoms with Crippen LogP contribution in [0.2, 0.25) is 0 Å². The third-order valence-electron chi connectivity index (χ3n) is 4.78. The largest absolute Gasteiger partial charge is 0.497 e. The number of hydrogen-bond donors (Lipinski definition) is 1. The Bertz CT molecular complexity index is 1080. The molecule has 0 fully saturated rings. The SMILES string of the molecule is COc1cccc(-n2c(SCC(=O)N[C@H](C)C(C)C)nc3ccccc3c2=O)c1. The zero-order valence-corrected chi connectivity index (χ0v) is 17.8. The first-order chi connectivity index (χ1) is 13.9. The number of amides is 1. The van der Waals surface area contributed by atoms with E-state index in [0.29, 0.717) is 33.4 Å². The first-order valence-corrected chi connectivity index (χ1v) is 10.5. The summed E-state index contributed by atoms with van der Waals surface area (Å²) in [4.78, 5) is 30.2. The average Bonchev–Trinajstić information content (AvgIpc) is 2.72. The first-order valence-electron chi connectivity index (χ1n) is 9.49. The Morgan fingerprint density at radius 1 is 1.17 bits per heavy atom. The van der Waals surface area contributed by atoms with Crippen molar-refractivity contribution in [1.29, 1.82) is 0 Å². The summed E-state index contributed by atoms with van der Waals surface area (Å²) in [5.74, 6) is 1.07. The number of rotatable bonds is 7. The lowest BCUT2D eigenvalue weighted by Crippen LogP contribution is -2.37. The molecule has 3 rings (SSSR count). The molecule has 1 atom stereocenters. The lowest BCUT2D eigenvalue weighted by molar-refractivity contribution is -0.119. The van der Waals surface area contributed by atoms with E-state index in [0.717, 1.165) is 0 Å². The molecule has 1 amide bonds. The van der Waals surface area contributed by atoms with Crippen molar-refractivity contribution in [3.8, 4) is 11.4 Å². The van der Waals surface area contributed by atoms with E-state index in [9.17, 15) is 9.59 Å². The topological polar surface area (TPSA) is 73.2 Å². The number of methoxy groups -OCH3 is 1. The van der Waals surface area contributed by atoms with Crippen LogP contribution in [0.3, 0.4) is 0 Å². The Morgan fingerprint density at radius 3 is 2.66 bits per heavy atom. The predicted molar refractivity (Wildman–Crippen MR) is 117 cm³/mol. The Kier molecular flexibility index (Phi) is 6.59. The number of thioether (sulfide) groups is 1. The quantitative estimate of drug-likeness (QED) is 0.475. The highest BCUT2D eigenvalue weighted by Gasteiger charge is 2.16. The van der Waals surface area contributed by atoms with Gasteiger partial charge in [0.05, 0.1) is 29.5 Å². The summed E-state index contributed by atoms with van der Waals surface area (Å²) < 4.78 is 6.84. The molecule has 3 aromatic rings. The second-order valence-electron chi connectivity index (χ2n) is 7.14. The van der Waals surface area contributed by atoms with Crippen LogP contribution in [0.5, 0.6) is 5.75 Å². The van der Waals surface area contributed by atoms with Crippen molar-refractivity contribution in [3.05, 3.63) is 58.9 Å². The van der Waals surface area contributed by atoms with Crippen molar-refractivity contribution in [2.24, 2.45) is 5.92 Å². The molecule has 0 saturated heterocycles. The number of nitrogens with zero attached hydrogens (tertiary/aromatic N) is 2. The molecule has 1 aromatic heterocycles. The van der Waals surface area contributed by atoms with Crippen molar-refractivity contribution in [2.75, 3.05) is 12.9 Å². The predicted octanol–water partition coefficient (Wildman–Crippen LogP) is 3.65. The van der Waals surface area contributed by atoms with Gasteiger partial charge in [0.2, 0.25) is 5.91 Å². The summed E-state index contributed by atoms with van der Waals surface area (Å²) in [5, 5.41) is 3.98. The molecule has 0 spiro atoms. The molecule has 0 bridgehead atoms. The maximum atomic E-state index is 13.2. The molecular weight excluding hydrogens is 386 g/mol. The number of hydrogen-bond acceptors (Lipinski definition) is 5. The van der Waals surface area contributed by atoms with Gasteiger partial charge in [0.25, 0.3) is 5.56 Å². The van der Waals surface area contributed by atoms with Crippen LogP contribution in [0.25, 0.3) is 16.6 Å². The fraction of sp³-hybridized carbons (Fsp3) is 0.318. The Hall–Kier alpha value is -2.80. The molecule has 0 radical (unpaired) electrons. The molecule has 1 N–H and O–H groups in total. The van der Waals surface area contributed by atoms with Gasteiger partial charge in [-0.2, -0.15) is 0 Å². The molecule has 152 valence electrons. The maximum absolute atomic E-state index is 13.2. The van der Waals surface area contributed by atoms with Crippen LogP contribution in [0.4, 0.5) is 0 Å². The van der Waals surface area contributed by atoms with E-state index < -0.39 is 0 Å². The van der Waals surface area contributed by atoms with Crippen LogP contribution in [0.1, 0.15) is 20.8 Å². The minimum atomic E-state index is -0.178. The Labute approximate surface area is 174 Å². The molecule has 1 heterocycles. The fourth-order valence-electron chi connectivity index (χ4n) is 2.78. The van der Waals surface area contributed by atoms with Gasteiger partial charge in [0.1, 0.15) is 5.75 Å². The molecule has 0 aliphatic heterocycles. The lowest BCUT2D eigenvalue weighted by atomic mass is 10.1. The van der Waals surface area contributed by atoms with Crippen LogP contribution in [0, 0.1) is 5.92 Å². The third-order valence-corrected chi connectivity index (χ3v) is 5.72. The number of carbonyl (C=O) groups excluding carboxylic acids is 1. The van der Waals surface area contributed by atoms with Crippen LogP contribution in [-0.2, 0) is 4.79 Å². The van der Waals surface area contributed by atoms with Crippen LogP contribution < -0.4 is 15.6 Å². The van der Waals surface area contributed by atoms with Gasteiger partial charge in [-0.25, -0.2) is 4.98 Å². The molecule has 6 nitrogen and oxygen atoms in total. The van der Waals surface area contributed by atoms with E-state index in [1.165, 1.54) is 16.3 Å². The van der Waals surface area contributed by atoms with Crippen LogP contribution in [-0.4, -0.2) is 34.4 Å². The van der Waals surface area contributed by atoms with Crippen molar-refractivity contribution in [1.82, 2.24) is 14.9 Å². The molecule has 0 unspecified atom stereocenters. The van der Waals surface area contributed by atoms with Crippen molar-refractivity contribution >= 4 is 28.6 Å². The summed E-state index contributed by atoms with van der Waals surface area (Å²) >= 11 is 1.25. The zero-order chi connectivity index (χ0) is 21.0. The summed E-state index contributed by atoms with van der Waals surface area (Å²) in [6, 6.07) is 14.5. The maximum Gasteiger partial charge on any atom is 0.266 e. The van der Waals surface area contributed by atoms with Gasteiger partial charge in [0.15, 0.2) is 5.16 Å². The summed E-state index contributed by atoms with van der Waals surface area (Å²) in [6.07, 6.45) is 0. The van der Waals surface area contributed by atoms with Gasteiger partial charge < -0.3 is 10.1 Å². The van der Waals surface area contributed by atoms with Gasteiger partial charge in [-0.1, -0.05) is 43.8 Å². The second-order valence-corrected chi connectivity index (χ2v) is 8.08. The highest BCUT2D eigenvalue weighted by Crippen LogP contribution is 2.23. The Morgan fingerprint density at radius 2 is 1.93 bits per heavy atom. The molecular formula is C22H25N3O3S. The van der Waals surface area contributed by atoms with Gasteiger partial charge in [-0.05, 0) is 37.1 Å². The van der Waals surface area contributed by atoms with E-state index in [4.69, 9.17) is 4.74 Å². The van der Waals surface area contributed by atoms with Crippen LogP contribution >= 0.6 is 11.8 Å². The van der Waals surface area contributed by atoms with Gasteiger partial charge >= 0.3 is 0 Å². The van der Waals surface area contributed by atoms with E-state index in [1.54, 1.807) is 25.3 Å². The van der Waals surface area contributed by atoms with Gasteiger partial charge in [-0.15, -0.1) is 0 Å². The number of aromatic nitrogens is 2. The zero-order valence-electron chi connectivity index (χ0n) is 17.0. The van der Waals surface area contributed by atoms with Gasteiger partial charge in [-0.3, -0.25) is 14.2 Å². The highest BCUT2D eigenvalue weighted by molar-refractivity contribution is 7.99. The summed E-state index contributed by atoms with van der Waals surface area (Å²) in [7, 11) is 1.58. The monoisotopic (exact) mass is 411 g/mol. The second kappa shape index (κ2) is 9.13. The normalized spacial score (nSPS) is 12.2. The van der Waals surface area contributed by atoms with Crippen molar-refractivity contribution in [3.63, 3.8) is 0 Å². The molecule has 0 saturated carbocycles. The van der Waals surface area contributed by atoms with Crippen molar-refractivity contribution in [2.45, 2.75) is 32.0 Å². The first kappa shape index (κ1) is 20.9. The van der Waals surface area contributed by atoms with E-state index in [-0.39, 0.29) is 23.3 Å². The third kappa shape index (κ3) is 4.79. The number of fused-ring (bicyclic) bond motifs is 1. The minimum absolute atomic E-state index is 0.0771. The van der Waals surface area contributed by atoms with E-state index >= 15 is 0 Å². The number of ether oxygens (including phenoxy) is 1. The molecule has 7 heteroatoms. The summed E-state index contributed by atoms with van der Waals surface area (Å²) in [6.45, 7) is 6.10. The number of benzene rings is 2. The summed E-state index contributed by atoms with van der Waals surface area (Å²) in [5.41, 5.74) is 1.07. The molecule has 0 aliphatic carbocycles. The highest BCUT2D eigenvalue weighted by atomic mass is 32.2. The molecule has 0 aliphatic rings. The fourth-order valence-corrected chi connectivity index (χ4v) is 3.60. The van der Waals surface area contributed by atoms with Crippen molar-refractivity contribution < 1.29 is 9.53 Å². The number of carbonyl (C=O) groups is 1. The minimum Gasteiger partial charge on any atom is -0.497 e. The standard InChI is InChI=1S/C22H25N3O3S/c1-14(2)15(3)23-20(26)13-29-22-24-19-11-6-5-10-18(19)21(27)25(22)16-8-7-9-17(12-16)28-4/h5-12,14-15H,13H2,1-4H3,(H,23,26)/t15-/m1/s1. The molecule has 29 heavy (non-hydrogen) atoms. The van der Waals surface area contributed by atoms with Crippen LogP contribution in [0.15, 0.2) is 58.5 Å². The molecule has 2 aromatic carbocycles. The van der Waals surface area contributed by atoms with E-state index in [2.05, 4.69) is 24.1 Å². The lowest BCUT2D eigenvalue weighted by Gasteiger charge is -2.18. The van der Waals surface area contributed by atoms with E-state index in [1.807, 2.05) is 37.3 Å². The number of nitrogens with one attached hydrogen (secondary N) is 1. The number of para-hydroxylation sites is 1. The van der Waals surface area contributed by atoms with Gasteiger partial charge in [0, 0.05) is 12.1 Å². The average molecular weight is 412 g/mol. The smallest absolute Gasteiger partial charge is 0.266 e.